The highest BCUT2D eigenvalue weighted by Gasteiger charge is 2.17. The number of aromatic nitrogens is 2. The molecule has 1 aromatic heterocycles. The van der Waals surface area contributed by atoms with Crippen molar-refractivity contribution in [1.82, 2.24) is 5.10 Å². The molecule has 0 saturated carbocycles. The van der Waals surface area contributed by atoms with E-state index in [9.17, 15) is 4.79 Å². The number of ether oxygens (including phenoxy) is 1. The monoisotopic (exact) mass is 301 g/mol. The molecule has 0 aliphatic heterocycles. The van der Waals surface area contributed by atoms with Crippen molar-refractivity contribution in [1.29, 1.82) is 0 Å². The first kappa shape index (κ1) is 15.8. The topological polar surface area (TPSA) is 70.4 Å². The van der Waals surface area contributed by atoms with E-state index in [1.807, 2.05) is 49.8 Å². The van der Waals surface area contributed by atoms with Gasteiger partial charge in [-0.1, -0.05) is 0 Å². The molecule has 1 aromatic carbocycles. The van der Waals surface area contributed by atoms with Gasteiger partial charge in [0, 0.05) is 25.1 Å². The predicted molar refractivity (Wildman–Crippen MR) is 85.4 cm³/mol. The molecule has 2 rings (SSSR count). The number of aryl methyl sites for hydroxylation is 2. The van der Waals surface area contributed by atoms with Crippen LogP contribution in [0.2, 0.25) is 0 Å². The Kier molecular flexibility index (Phi) is 4.60. The van der Waals surface area contributed by atoms with Crippen molar-refractivity contribution in [2.45, 2.75) is 20.8 Å². The third-order valence-electron chi connectivity index (χ3n) is 3.40. The Hall–Kier alpha value is -2.63. The second kappa shape index (κ2) is 6.43. The summed E-state index contributed by atoms with van der Waals surface area (Å²) in [6, 6.07) is 7.38. The normalized spacial score (nSPS) is 11.4. The summed E-state index contributed by atoms with van der Waals surface area (Å²) in [4.78, 5) is 15.7. The minimum absolute atomic E-state index is 0.0977. The SMILES string of the molecule is COC(=Nc1c(C)[nH][n+](C)c1C)c1ccc(NC(C)=O)cc1. The number of methoxy groups -OCH3 is 1. The lowest BCUT2D eigenvalue weighted by atomic mass is 10.2. The van der Waals surface area contributed by atoms with Gasteiger partial charge in [0.1, 0.15) is 5.69 Å². The quantitative estimate of drug-likeness (QED) is 0.518. The zero-order valence-electron chi connectivity index (χ0n) is 13.5. The third-order valence-corrected chi connectivity index (χ3v) is 3.40. The van der Waals surface area contributed by atoms with Crippen LogP contribution in [0.4, 0.5) is 11.4 Å². The summed E-state index contributed by atoms with van der Waals surface area (Å²) in [5, 5.41) is 5.93. The van der Waals surface area contributed by atoms with Crippen molar-refractivity contribution in [3.05, 3.63) is 41.2 Å². The van der Waals surface area contributed by atoms with Crippen LogP contribution in [0.3, 0.4) is 0 Å². The average Bonchev–Trinajstić information content (AvgIpc) is 2.71. The molecule has 6 nitrogen and oxygen atoms in total. The molecule has 0 fully saturated rings. The second-order valence-electron chi connectivity index (χ2n) is 5.11. The van der Waals surface area contributed by atoms with Crippen molar-refractivity contribution >= 4 is 23.2 Å². The number of nitrogens with zero attached hydrogens (tertiary/aromatic N) is 2. The van der Waals surface area contributed by atoms with Crippen molar-refractivity contribution in [2.24, 2.45) is 12.0 Å². The molecule has 0 saturated heterocycles. The summed E-state index contributed by atoms with van der Waals surface area (Å²) < 4.78 is 7.34. The van der Waals surface area contributed by atoms with Gasteiger partial charge in [-0.25, -0.2) is 4.99 Å². The molecule has 0 aliphatic carbocycles. The lowest BCUT2D eigenvalue weighted by Gasteiger charge is -2.06. The van der Waals surface area contributed by atoms with Crippen LogP contribution in [0, 0.1) is 13.8 Å². The maximum absolute atomic E-state index is 11.0. The van der Waals surface area contributed by atoms with Crippen molar-refractivity contribution in [2.75, 3.05) is 12.4 Å². The van der Waals surface area contributed by atoms with Crippen LogP contribution in [-0.2, 0) is 16.6 Å². The molecule has 0 unspecified atom stereocenters. The van der Waals surface area contributed by atoms with Crippen LogP contribution in [0.1, 0.15) is 23.9 Å². The van der Waals surface area contributed by atoms with Gasteiger partial charge in [-0.15, -0.1) is 4.68 Å². The molecule has 0 radical (unpaired) electrons. The number of hydrogen-bond donors (Lipinski definition) is 2. The van der Waals surface area contributed by atoms with E-state index in [1.165, 1.54) is 6.92 Å². The van der Waals surface area contributed by atoms with Crippen molar-refractivity contribution < 1.29 is 14.2 Å². The number of amides is 1. The number of benzene rings is 1. The van der Waals surface area contributed by atoms with Gasteiger partial charge in [-0.2, -0.15) is 5.10 Å². The van der Waals surface area contributed by atoms with Crippen LogP contribution in [0.25, 0.3) is 0 Å². The number of carbonyl (C=O) groups excluding carboxylic acids is 1. The van der Waals surface area contributed by atoms with Gasteiger partial charge in [0.05, 0.1) is 7.11 Å². The van der Waals surface area contributed by atoms with Crippen molar-refractivity contribution in [3.8, 4) is 0 Å². The van der Waals surface area contributed by atoms with Gasteiger partial charge in [0.25, 0.3) is 0 Å². The van der Waals surface area contributed by atoms with Crippen LogP contribution in [-0.4, -0.2) is 24.0 Å². The highest BCUT2D eigenvalue weighted by molar-refractivity contribution is 5.97. The zero-order valence-corrected chi connectivity index (χ0v) is 13.5. The Bertz CT molecular complexity index is 714. The molecule has 22 heavy (non-hydrogen) atoms. The summed E-state index contributed by atoms with van der Waals surface area (Å²) >= 11 is 0. The van der Waals surface area contributed by atoms with E-state index in [1.54, 1.807) is 7.11 Å². The zero-order chi connectivity index (χ0) is 16.3. The fourth-order valence-electron chi connectivity index (χ4n) is 2.21. The molecule has 0 bridgehead atoms. The molecule has 1 heterocycles. The smallest absolute Gasteiger partial charge is 0.230 e. The molecule has 2 N–H and O–H groups in total. The van der Waals surface area contributed by atoms with Crippen LogP contribution >= 0.6 is 0 Å². The molecular weight excluding hydrogens is 280 g/mol. The van der Waals surface area contributed by atoms with Crippen LogP contribution in [0.15, 0.2) is 29.3 Å². The van der Waals surface area contributed by atoms with E-state index in [0.717, 1.165) is 28.3 Å². The summed E-state index contributed by atoms with van der Waals surface area (Å²) in [6.07, 6.45) is 0. The van der Waals surface area contributed by atoms with Gasteiger partial charge in [-0.05, 0) is 31.2 Å². The predicted octanol–water partition coefficient (Wildman–Crippen LogP) is 2.14. The first-order valence-electron chi connectivity index (χ1n) is 6.98. The maximum atomic E-state index is 11.0. The molecule has 0 atom stereocenters. The minimum Gasteiger partial charge on any atom is -0.481 e. The highest BCUT2D eigenvalue weighted by Crippen LogP contribution is 2.21. The van der Waals surface area contributed by atoms with Gasteiger partial charge >= 0.3 is 0 Å². The largest absolute Gasteiger partial charge is 0.481 e. The lowest BCUT2D eigenvalue weighted by Crippen LogP contribution is -2.32. The standard InChI is InChI=1S/C16H20N4O2/c1-10-15(11(2)20(4)19-10)18-16(22-5)13-6-8-14(9-7-13)17-12(3)21/h6-9H,1-5H3,(H,17,18,21)/p+1. The van der Waals surface area contributed by atoms with Crippen molar-refractivity contribution in [3.63, 3.8) is 0 Å². The average molecular weight is 301 g/mol. The maximum Gasteiger partial charge on any atom is 0.230 e. The first-order valence-corrected chi connectivity index (χ1v) is 6.98. The van der Waals surface area contributed by atoms with Crippen LogP contribution < -0.4 is 10.00 Å². The van der Waals surface area contributed by atoms with Gasteiger partial charge in [0.15, 0.2) is 12.7 Å². The number of carbonyl (C=O) groups is 1. The Morgan fingerprint density at radius 2 is 1.91 bits per heavy atom. The molecule has 0 spiro atoms. The number of nitrogens with one attached hydrogen (secondary N) is 2. The molecule has 1 amide bonds. The van der Waals surface area contributed by atoms with Gasteiger partial charge < -0.3 is 10.1 Å². The highest BCUT2D eigenvalue weighted by atomic mass is 16.5. The summed E-state index contributed by atoms with van der Waals surface area (Å²) in [5.41, 5.74) is 4.46. The Balaban J connectivity index is 2.35. The Morgan fingerprint density at radius 3 is 2.36 bits per heavy atom. The number of H-pyrrole nitrogens is 1. The molecule has 0 aliphatic rings. The van der Waals surface area contributed by atoms with E-state index < -0.39 is 0 Å². The van der Waals surface area contributed by atoms with Gasteiger partial charge in [-0.3, -0.25) is 4.79 Å². The number of anilines is 1. The fourth-order valence-corrected chi connectivity index (χ4v) is 2.21. The number of hydrogen-bond acceptors (Lipinski definition) is 3. The number of aromatic amines is 1. The minimum atomic E-state index is -0.0977. The molecule has 116 valence electrons. The van der Waals surface area contributed by atoms with E-state index in [0.29, 0.717) is 5.90 Å². The second-order valence-corrected chi connectivity index (χ2v) is 5.11. The molecule has 2 aromatic rings. The first-order chi connectivity index (χ1) is 10.4. The summed E-state index contributed by atoms with van der Waals surface area (Å²) in [5.74, 6) is 0.430. The van der Waals surface area contributed by atoms with E-state index in [4.69, 9.17) is 4.74 Å². The summed E-state index contributed by atoms with van der Waals surface area (Å²) in [7, 11) is 3.54. The van der Waals surface area contributed by atoms with E-state index >= 15 is 0 Å². The van der Waals surface area contributed by atoms with E-state index in [-0.39, 0.29) is 5.91 Å². The molecule has 6 heteroatoms. The molecular formula is C16H21N4O2+. The third kappa shape index (κ3) is 3.33. The summed E-state index contributed by atoms with van der Waals surface area (Å²) in [6.45, 7) is 5.45. The van der Waals surface area contributed by atoms with Gasteiger partial charge in [0.2, 0.25) is 17.5 Å². The number of rotatable bonds is 3. The van der Waals surface area contributed by atoms with E-state index in [2.05, 4.69) is 15.4 Å². The number of aliphatic imine (C=N–C) groups is 1. The lowest BCUT2D eigenvalue weighted by molar-refractivity contribution is -0.732. The fraction of sp³-hybridized carbons (Fsp3) is 0.312. The Labute approximate surface area is 129 Å². The van der Waals surface area contributed by atoms with Crippen LogP contribution in [0.5, 0.6) is 0 Å². The Morgan fingerprint density at radius 1 is 1.27 bits per heavy atom.